The molecule has 8 heteroatoms. The van der Waals surface area contributed by atoms with Crippen molar-refractivity contribution in [2.75, 3.05) is 11.9 Å². The van der Waals surface area contributed by atoms with E-state index in [-0.39, 0.29) is 11.4 Å². The Hall–Kier alpha value is -1.84. The van der Waals surface area contributed by atoms with Crippen LogP contribution in [-0.2, 0) is 0 Å². The van der Waals surface area contributed by atoms with Gasteiger partial charge in [0.25, 0.3) is 5.91 Å². The summed E-state index contributed by atoms with van der Waals surface area (Å²) in [6, 6.07) is 9.76. The molecule has 2 rings (SSSR count). The van der Waals surface area contributed by atoms with Crippen molar-refractivity contribution in [3.63, 3.8) is 0 Å². The zero-order valence-corrected chi connectivity index (χ0v) is 13.2. The number of amides is 1. The van der Waals surface area contributed by atoms with Crippen LogP contribution in [-0.4, -0.2) is 23.7 Å². The van der Waals surface area contributed by atoms with E-state index in [0.717, 1.165) is 9.77 Å². The first kappa shape index (κ1) is 16.5. The number of pyridine rings is 1. The third-order valence-electron chi connectivity index (χ3n) is 2.46. The number of carbonyl (C=O) groups is 1. The highest BCUT2D eigenvalue weighted by Crippen LogP contribution is 2.18. The number of nitrogens with one attached hydrogen (secondary N) is 1. The number of benzene rings is 1. The fourth-order valence-corrected chi connectivity index (χ4v) is 2.07. The lowest BCUT2D eigenvalue weighted by atomic mass is 10.2. The van der Waals surface area contributed by atoms with Crippen molar-refractivity contribution in [3.05, 3.63) is 51.7 Å². The monoisotopic (exact) mass is 422 g/mol. The van der Waals surface area contributed by atoms with Gasteiger partial charge >= 0.3 is 6.18 Å². The zero-order valence-electron chi connectivity index (χ0n) is 11.0. The molecule has 4 nitrogen and oxygen atoms in total. The highest BCUT2D eigenvalue weighted by molar-refractivity contribution is 14.1. The first-order valence-corrected chi connectivity index (χ1v) is 7.14. The Labute approximate surface area is 137 Å². The van der Waals surface area contributed by atoms with E-state index in [1.54, 1.807) is 18.2 Å². The van der Waals surface area contributed by atoms with E-state index in [9.17, 15) is 18.0 Å². The Bertz CT molecular complexity index is 660. The number of carbonyl (C=O) groups excluding carboxylic acids is 1. The number of aromatic nitrogens is 1. The second-order valence-corrected chi connectivity index (χ2v) is 5.50. The van der Waals surface area contributed by atoms with Gasteiger partial charge in [-0.15, -0.1) is 0 Å². The van der Waals surface area contributed by atoms with Crippen LogP contribution in [0.1, 0.15) is 10.4 Å². The third kappa shape index (κ3) is 5.17. The van der Waals surface area contributed by atoms with Crippen LogP contribution in [0.2, 0.25) is 0 Å². The maximum Gasteiger partial charge on any atom is 0.422 e. The molecule has 1 heterocycles. The molecule has 0 radical (unpaired) electrons. The van der Waals surface area contributed by atoms with Crippen molar-refractivity contribution in [1.29, 1.82) is 0 Å². The number of halogens is 4. The van der Waals surface area contributed by atoms with Gasteiger partial charge in [-0.25, -0.2) is 4.98 Å². The van der Waals surface area contributed by atoms with Crippen LogP contribution < -0.4 is 10.1 Å². The summed E-state index contributed by atoms with van der Waals surface area (Å²) in [4.78, 5) is 15.7. The number of nitrogens with zero attached hydrogens (tertiary/aromatic N) is 1. The number of hydrogen-bond acceptors (Lipinski definition) is 3. The van der Waals surface area contributed by atoms with Crippen LogP contribution in [0.5, 0.6) is 5.88 Å². The lowest BCUT2D eigenvalue weighted by molar-refractivity contribution is -0.154. The Morgan fingerprint density at radius 3 is 2.64 bits per heavy atom. The van der Waals surface area contributed by atoms with E-state index in [1.165, 1.54) is 12.1 Å². The summed E-state index contributed by atoms with van der Waals surface area (Å²) in [5.41, 5.74) is 0.840. The maximum atomic E-state index is 12.0. The molecule has 1 aromatic heterocycles. The second-order valence-electron chi connectivity index (χ2n) is 4.25. The molecule has 0 spiro atoms. The standard InChI is InChI=1S/C14H10F3IN2O2/c15-14(16,17)8-22-12-5-4-9(7-19-12)13(21)20-11-3-1-2-10(18)6-11/h1-7H,8H2,(H,20,21). The third-order valence-corrected chi connectivity index (χ3v) is 3.14. The topological polar surface area (TPSA) is 51.2 Å². The zero-order chi connectivity index (χ0) is 16.2. The molecule has 1 amide bonds. The second kappa shape index (κ2) is 6.95. The van der Waals surface area contributed by atoms with Gasteiger partial charge < -0.3 is 10.1 Å². The highest BCUT2D eigenvalue weighted by Gasteiger charge is 2.28. The molecule has 0 fully saturated rings. The van der Waals surface area contributed by atoms with Gasteiger partial charge in [0.2, 0.25) is 5.88 Å². The van der Waals surface area contributed by atoms with Crippen LogP contribution in [0, 0.1) is 3.57 Å². The van der Waals surface area contributed by atoms with Gasteiger partial charge in [-0.05, 0) is 46.9 Å². The van der Waals surface area contributed by atoms with Crippen LogP contribution in [0.4, 0.5) is 18.9 Å². The Morgan fingerprint density at radius 2 is 2.05 bits per heavy atom. The smallest absolute Gasteiger partial charge is 0.422 e. The van der Waals surface area contributed by atoms with Crippen LogP contribution in [0.15, 0.2) is 42.6 Å². The average molecular weight is 422 g/mol. The molecule has 0 aliphatic rings. The minimum atomic E-state index is -4.43. The van der Waals surface area contributed by atoms with E-state index in [4.69, 9.17) is 0 Å². The summed E-state index contributed by atoms with van der Waals surface area (Å²) in [5, 5.41) is 2.67. The van der Waals surface area contributed by atoms with Crippen molar-refractivity contribution in [3.8, 4) is 5.88 Å². The summed E-state index contributed by atoms with van der Waals surface area (Å²) in [6.45, 7) is -1.42. The SMILES string of the molecule is O=C(Nc1cccc(I)c1)c1ccc(OCC(F)(F)F)nc1. The van der Waals surface area contributed by atoms with Crippen molar-refractivity contribution in [2.45, 2.75) is 6.18 Å². The van der Waals surface area contributed by atoms with Crippen LogP contribution in [0.3, 0.4) is 0 Å². The number of rotatable bonds is 4. The molecule has 0 saturated heterocycles. The molecule has 0 saturated carbocycles. The first-order chi connectivity index (χ1) is 10.3. The maximum absolute atomic E-state index is 12.0. The molecular formula is C14H10F3IN2O2. The minimum Gasteiger partial charge on any atom is -0.468 e. The molecule has 0 atom stereocenters. The molecular weight excluding hydrogens is 412 g/mol. The van der Waals surface area contributed by atoms with Gasteiger partial charge in [0.05, 0.1) is 5.56 Å². The fourth-order valence-electron chi connectivity index (χ4n) is 1.53. The summed E-state index contributed by atoms with van der Waals surface area (Å²) in [7, 11) is 0. The quantitative estimate of drug-likeness (QED) is 0.762. The molecule has 1 N–H and O–H groups in total. The van der Waals surface area contributed by atoms with Gasteiger partial charge in [-0.3, -0.25) is 4.79 Å². The lowest BCUT2D eigenvalue weighted by Crippen LogP contribution is -2.19. The lowest BCUT2D eigenvalue weighted by Gasteiger charge is -2.09. The molecule has 22 heavy (non-hydrogen) atoms. The molecule has 2 aromatic rings. The van der Waals surface area contributed by atoms with Crippen LogP contribution in [0.25, 0.3) is 0 Å². The number of alkyl halides is 3. The van der Waals surface area contributed by atoms with Gasteiger partial charge in [0, 0.05) is 21.5 Å². The first-order valence-electron chi connectivity index (χ1n) is 6.06. The van der Waals surface area contributed by atoms with E-state index >= 15 is 0 Å². The molecule has 0 unspecified atom stereocenters. The van der Waals surface area contributed by atoms with Crippen molar-refractivity contribution >= 4 is 34.2 Å². The summed E-state index contributed by atoms with van der Waals surface area (Å²) < 4.78 is 41.5. The summed E-state index contributed by atoms with van der Waals surface area (Å²) >= 11 is 2.11. The van der Waals surface area contributed by atoms with Gasteiger partial charge in [-0.1, -0.05) is 6.07 Å². The largest absolute Gasteiger partial charge is 0.468 e. The van der Waals surface area contributed by atoms with Crippen LogP contribution >= 0.6 is 22.6 Å². The fraction of sp³-hybridized carbons (Fsp3) is 0.143. The average Bonchev–Trinajstić information content (AvgIpc) is 2.45. The van der Waals surface area contributed by atoms with E-state index < -0.39 is 18.7 Å². The predicted molar refractivity (Wildman–Crippen MR) is 82.9 cm³/mol. The summed E-state index contributed by atoms with van der Waals surface area (Å²) in [5.74, 6) is -0.597. The van der Waals surface area contributed by atoms with Gasteiger partial charge in [-0.2, -0.15) is 13.2 Å². The molecule has 0 aliphatic heterocycles. The van der Waals surface area contributed by atoms with Gasteiger partial charge in [0.1, 0.15) is 0 Å². The number of anilines is 1. The molecule has 0 aliphatic carbocycles. The highest BCUT2D eigenvalue weighted by atomic mass is 127. The van der Waals surface area contributed by atoms with Gasteiger partial charge in [0.15, 0.2) is 6.61 Å². The number of hydrogen-bond donors (Lipinski definition) is 1. The predicted octanol–water partition coefficient (Wildman–Crippen LogP) is 3.88. The Balaban J connectivity index is 1.99. The van der Waals surface area contributed by atoms with E-state index in [2.05, 4.69) is 37.6 Å². The van der Waals surface area contributed by atoms with E-state index in [1.807, 2.05) is 6.07 Å². The molecule has 1 aromatic carbocycles. The number of ether oxygens (including phenoxy) is 1. The normalized spacial score (nSPS) is 11.1. The minimum absolute atomic E-state index is 0.192. The molecule has 116 valence electrons. The molecule has 0 bridgehead atoms. The summed E-state index contributed by atoms with van der Waals surface area (Å²) in [6.07, 6.45) is -3.27. The van der Waals surface area contributed by atoms with E-state index in [0.29, 0.717) is 5.69 Å². The Kier molecular flexibility index (Phi) is 5.22. The van der Waals surface area contributed by atoms with Crippen molar-refractivity contribution in [1.82, 2.24) is 4.98 Å². The van der Waals surface area contributed by atoms with Crippen molar-refractivity contribution < 1.29 is 22.7 Å². The Morgan fingerprint density at radius 1 is 1.27 bits per heavy atom. The van der Waals surface area contributed by atoms with Crippen molar-refractivity contribution in [2.24, 2.45) is 0 Å².